The molecule has 0 radical (unpaired) electrons. The summed E-state index contributed by atoms with van der Waals surface area (Å²) in [5.41, 5.74) is 0.612. The van der Waals surface area contributed by atoms with E-state index in [9.17, 15) is 5.11 Å². The molecule has 2 fully saturated rings. The second kappa shape index (κ2) is 6.11. The maximum Gasteiger partial charge on any atom is 0.0613 e. The topological polar surface area (TPSA) is 35.5 Å². The average Bonchev–Trinajstić information content (AvgIpc) is 2.92. The molecule has 1 saturated carbocycles. The van der Waals surface area contributed by atoms with Gasteiger partial charge in [0.15, 0.2) is 0 Å². The van der Waals surface area contributed by atoms with E-state index in [1.807, 2.05) is 7.05 Å². The minimum Gasteiger partial charge on any atom is -0.394 e. The highest BCUT2D eigenvalue weighted by Gasteiger charge is 2.41. The molecule has 112 valence electrons. The quantitative estimate of drug-likeness (QED) is 0.803. The molecule has 1 aliphatic carbocycles. The van der Waals surface area contributed by atoms with Crippen LogP contribution in [0.4, 0.5) is 0 Å². The normalized spacial score (nSPS) is 35.7. The van der Waals surface area contributed by atoms with Gasteiger partial charge in [-0.1, -0.05) is 26.7 Å². The zero-order valence-corrected chi connectivity index (χ0v) is 13.0. The van der Waals surface area contributed by atoms with Gasteiger partial charge < -0.3 is 15.3 Å². The summed E-state index contributed by atoms with van der Waals surface area (Å²) in [5.74, 6) is 0. The average molecular weight is 268 g/mol. The summed E-state index contributed by atoms with van der Waals surface area (Å²) in [6.07, 6.45) is 8.87. The highest BCUT2D eigenvalue weighted by Crippen LogP contribution is 2.41. The van der Waals surface area contributed by atoms with Gasteiger partial charge in [-0.05, 0) is 57.7 Å². The van der Waals surface area contributed by atoms with Gasteiger partial charge in [-0.2, -0.15) is 0 Å². The second-order valence-corrected chi connectivity index (χ2v) is 6.83. The highest BCUT2D eigenvalue weighted by molar-refractivity contribution is 5.00. The van der Waals surface area contributed by atoms with Gasteiger partial charge in [0, 0.05) is 11.6 Å². The van der Waals surface area contributed by atoms with E-state index < -0.39 is 0 Å². The summed E-state index contributed by atoms with van der Waals surface area (Å²) >= 11 is 0. The minimum absolute atomic E-state index is 0.00524. The van der Waals surface area contributed by atoms with Crippen LogP contribution in [0.1, 0.15) is 58.8 Å². The van der Waals surface area contributed by atoms with Crippen molar-refractivity contribution in [3.63, 3.8) is 0 Å². The smallest absolute Gasteiger partial charge is 0.0613 e. The van der Waals surface area contributed by atoms with E-state index in [4.69, 9.17) is 0 Å². The SMILES string of the molecule is CCC1(CC)CCN(C2CCC(CO)(NC)C2)CC1. The van der Waals surface area contributed by atoms with Crippen molar-refractivity contribution >= 4 is 0 Å². The Morgan fingerprint density at radius 2 is 1.79 bits per heavy atom. The number of nitrogens with one attached hydrogen (secondary N) is 1. The molecule has 0 amide bonds. The van der Waals surface area contributed by atoms with Gasteiger partial charge in [-0.25, -0.2) is 0 Å². The van der Waals surface area contributed by atoms with Crippen molar-refractivity contribution in [3.05, 3.63) is 0 Å². The van der Waals surface area contributed by atoms with Crippen LogP contribution in [-0.4, -0.2) is 48.3 Å². The van der Waals surface area contributed by atoms with Gasteiger partial charge in [-0.15, -0.1) is 0 Å². The largest absolute Gasteiger partial charge is 0.394 e. The molecule has 0 spiro atoms. The number of rotatable bonds is 5. The fourth-order valence-corrected chi connectivity index (χ4v) is 4.18. The fourth-order valence-electron chi connectivity index (χ4n) is 4.18. The van der Waals surface area contributed by atoms with E-state index in [0.29, 0.717) is 11.5 Å². The van der Waals surface area contributed by atoms with Crippen molar-refractivity contribution in [2.75, 3.05) is 26.7 Å². The molecule has 2 atom stereocenters. The van der Waals surface area contributed by atoms with E-state index in [2.05, 4.69) is 24.1 Å². The predicted molar refractivity (Wildman–Crippen MR) is 80.3 cm³/mol. The molecular weight excluding hydrogens is 236 g/mol. The van der Waals surface area contributed by atoms with Crippen LogP contribution in [0.5, 0.6) is 0 Å². The zero-order chi connectivity index (χ0) is 13.9. The first-order chi connectivity index (χ1) is 9.12. The van der Waals surface area contributed by atoms with E-state index in [0.717, 1.165) is 12.8 Å². The van der Waals surface area contributed by atoms with E-state index in [-0.39, 0.29) is 12.1 Å². The summed E-state index contributed by atoms with van der Waals surface area (Å²) in [5, 5.41) is 13.0. The maximum atomic E-state index is 9.61. The molecule has 2 aliphatic rings. The van der Waals surface area contributed by atoms with Gasteiger partial charge >= 0.3 is 0 Å². The van der Waals surface area contributed by atoms with Crippen LogP contribution in [0.15, 0.2) is 0 Å². The first-order valence-electron chi connectivity index (χ1n) is 8.16. The van der Waals surface area contributed by atoms with Crippen molar-refractivity contribution in [2.24, 2.45) is 5.41 Å². The van der Waals surface area contributed by atoms with Gasteiger partial charge in [0.25, 0.3) is 0 Å². The van der Waals surface area contributed by atoms with E-state index in [1.54, 1.807) is 0 Å². The van der Waals surface area contributed by atoms with Gasteiger partial charge in [0.1, 0.15) is 0 Å². The Bertz CT molecular complexity index is 274. The molecule has 0 aromatic heterocycles. The third-order valence-corrected chi connectivity index (χ3v) is 6.29. The highest BCUT2D eigenvalue weighted by atomic mass is 16.3. The maximum absolute atomic E-state index is 9.61. The third kappa shape index (κ3) is 2.98. The first kappa shape index (κ1) is 15.3. The number of aliphatic hydroxyl groups excluding tert-OH is 1. The van der Waals surface area contributed by atoms with Crippen LogP contribution in [0, 0.1) is 5.41 Å². The predicted octanol–water partition coefficient (Wildman–Crippen LogP) is 2.39. The van der Waals surface area contributed by atoms with Gasteiger partial charge in [0.2, 0.25) is 0 Å². The Hall–Kier alpha value is -0.120. The summed E-state index contributed by atoms with van der Waals surface area (Å²) in [7, 11) is 1.99. The number of hydrogen-bond donors (Lipinski definition) is 2. The Kier molecular flexibility index (Phi) is 4.91. The van der Waals surface area contributed by atoms with E-state index >= 15 is 0 Å². The molecule has 2 N–H and O–H groups in total. The first-order valence-corrected chi connectivity index (χ1v) is 8.16. The molecular formula is C16H32N2O. The fraction of sp³-hybridized carbons (Fsp3) is 1.00. The summed E-state index contributed by atoms with van der Waals surface area (Å²) in [6, 6.07) is 0.686. The van der Waals surface area contributed by atoms with Crippen molar-refractivity contribution in [2.45, 2.75) is 70.4 Å². The Labute approximate surface area is 118 Å². The molecule has 2 unspecified atom stereocenters. The lowest BCUT2D eigenvalue weighted by atomic mass is 9.74. The van der Waals surface area contributed by atoms with Gasteiger partial charge in [0.05, 0.1) is 6.61 Å². The zero-order valence-electron chi connectivity index (χ0n) is 13.0. The van der Waals surface area contributed by atoms with Gasteiger partial charge in [-0.3, -0.25) is 0 Å². The van der Waals surface area contributed by atoms with Crippen LogP contribution >= 0.6 is 0 Å². The van der Waals surface area contributed by atoms with Crippen LogP contribution < -0.4 is 5.32 Å². The molecule has 0 aromatic carbocycles. The Morgan fingerprint density at radius 3 is 2.21 bits per heavy atom. The molecule has 19 heavy (non-hydrogen) atoms. The molecule has 3 nitrogen and oxygen atoms in total. The minimum atomic E-state index is -0.00524. The number of aliphatic hydroxyl groups is 1. The Balaban J connectivity index is 1.89. The number of nitrogens with zero attached hydrogens (tertiary/aromatic N) is 1. The number of likely N-dealkylation sites (tertiary alicyclic amines) is 1. The number of hydrogen-bond acceptors (Lipinski definition) is 3. The van der Waals surface area contributed by atoms with Crippen molar-refractivity contribution in [1.29, 1.82) is 0 Å². The van der Waals surface area contributed by atoms with Crippen molar-refractivity contribution in [3.8, 4) is 0 Å². The molecule has 2 rings (SSSR count). The second-order valence-electron chi connectivity index (χ2n) is 6.83. The molecule has 3 heteroatoms. The summed E-state index contributed by atoms with van der Waals surface area (Å²) in [6.45, 7) is 7.51. The van der Waals surface area contributed by atoms with Crippen molar-refractivity contribution in [1.82, 2.24) is 10.2 Å². The third-order valence-electron chi connectivity index (χ3n) is 6.29. The van der Waals surface area contributed by atoms with Crippen LogP contribution in [0.2, 0.25) is 0 Å². The van der Waals surface area contributed by atoms with E-state index in [1.165, 1.54) is 45.2 Å². The number of piperidine rings is 1. The lowest BCUT2D eigenvalue weighted by Gasteiger charge is -2.43. The lowest BCUT2D eigenvalue weighted by molar-refractivity contribution is 0.0624. The van der Waals surface area contributed by atoms with Crippen LogP contribution in [0.3, 0.4) is 0 Å². The van der Waals surface area contributed by atoms with Crippen LogP contribution in [-0.2, 0) is 0 Å². The Morgan fingerprint density at radius 1 is 1.16 bits per heavy atom. The monoisotopic (exact) mass is 268 g/mol. The lowest BCUT2D eigenvalue weighted by Crippen LogP contribution is -2.48. The molecule has 0 aromatic rings. The summed E-state index contributed by atoms with van der Waals surface area (Å²) < 4.78 is 0. The van der Waals surface area contributed by atoms with Crippen LogP contribution in [0.25, 0.3) is 0 Å². The molecule has 1 aliphatic heterocycles. The van der Waals surface area contributed by atoms with Crippen molar-refractivity contribution < 1.29 is 5.11 Å². The molecule has 0 bridgehead atoms. The standard InChI is InChI=1S/C16H32N2O/c1-4-15(5-2)8-10-18(11-9-15)14-6-7-16(12-14,13-19)17-3/h14,17,19H,4-13H2,1-3H3. The summed E-state index contributed by atoms with van der Waals surface area (Å²) in [4.78, 5) is 2.69. The number of likely N-dealkylation sites (N-methyl/N-ethyl adjacent to an activating group) is 1. The molecule has 1 saturated heterocycles. The molecule has 1 heterocycles.